The van der Waals surface area contributed by atoms with E-state index in [2.05, 4.69) is 0 Å². The summed E-state index contributed by atoms with van der Waals surface area (Å²) >= 11 is 0. The summed E-state index contributed by atoms with van der Waals surface area (Å²) in [4.78, 5) is 28.5. The topological polar surface area (TPSA) is 79.3 Å². The van der Waals surface area contributed by atoms with Crippen LogP contribution in [0.5, 0.6) is 0 Å². The highest BCUT2D eigenvalue weighted by molar-refractivity contribution is 5.79. The van der Waals surface area contributed by atoms with Crippen molar-refractivity contribution in [3.05, 3.63) is 35.9 Å². The number of hydroxylamine groups is 2. The Labute approximate surface area is 122 Å². The maximum absolute atomic E-state index is 11.8. The SMILES string of the molecule is CCN(C=O)C(=O)ON1COC(O)C1Cc1ccccc1. The Balaban J connectivity index is 2.01. The molecule has 1 aromatic rings. The molecule has 1 aliphatic rings. The Hall–Kier alpha value is -1.96. The van der Waals surface area contributed by atoms with Gasteiger partial charge in [-0.3, -0.25) is 4.79 Å². The van der Waals surface area contributed by atoms with Gasteiger partial charge in [-0.2, -0.15) is 0 Å². The summed E-state index contributed by atoms with van der Waals surface area (Å²) in [6, 6.07) is 8.98. The largest absolute Gasteiger partial charge is 0.435 e. The minimum absolute atomic E-state index is 0.0409. The number of nitrogens with zero attached hydrogens (tertiary/aromatic N) is 2. The number of hydrogen-bond acceptors (Lipinski definition) is 6. The molecule has 2 atom stereocenters. The lowest BCUT2D eigenvalue weighted by Gasteiger charge is -2.24. The first-order valence-electron chi connectivity index (χ1n) is 6.69. The van der Waals surface area contributed by atoms with Gasteiger partial charge >= 0.3 is 6.09 Å². The predicted molar refractivity (Wildman–Crippen MR) is 72.7 cm³/mol. The molecule has 21 heavy (non-hydrogen) atoms. The minimum atomic E-state index is -1.05. The number of aliphatic hydroxyl groups is 1. The van der Waals surface area contributed by atoms with Gasteiger partial charge in [0.1, 0.15) is 12.8 Å². The lowest BCUT2D eigenvalue weighted by molar-refractivity contribution is -0.142. The van der Waals surface area contributed by atoms with E-state index in [1.807, 2.05) is 30.3 Å². The van der Waals surface area contributed by atoms with Crippen molar-refractivity contribution in [3.8, 4) is 0 Å². The summed E-state index contributed by atoms with van der Waals surface area (Å²) in [5.74, 6) is 0. The fraction of sp³-hybridized carbons (Fsp3) is 0.429. The molecule has 0 saturated carbocycles. The van der Waals surface area contributed by atoms with Gasteiger partial charge in [-0.1, -0.05) is 30.3 Å². The molecular weight excluding hydrogens is 276 g/mol. The second kappa shape index (κ2) is 7.16. The quantitative estimate of drug-likeness (QED) is 0.807. The van der Waals surface area contributed by atoms with Gasteiger partial charge in [0, 0.05) is 6.54 Å². The van der Waals surface area contributed by atoms with Crippen LogP contribution in [0.15, 0.2) is 30.3 Å². The Bertz CT molecular complexity index is 482. The molecular formula is C14H18N2O5. The van der Waals surface area contributed by atoms with Crippen LogP contribution in [-0.4, -0.2) is 53.2 Å². The lowest BCUT2D eigenvalue weighted by atomic mass is 10.1. The van der Waals surface area contributed by atoms with Crippen LogP contribution in [0.4, 0.5) is 4.79 Å². The average molecular weight is 294 g/mol. The summed E-state index contributed by atoms with van der Waals surface area (Å²) in [6.07, 6.45) is -0.975. The molecule has 0 spiro atoms. The maximum Gasteiger partial charge on any atom is 0.435 e. The molecule has 0 radical (unpaired) electrons. The van der Waals surface area contributed by atoms with E-state index in [-0.39, 0.29) is 13.3 Å². The molecule has 1 heterocycles. The smallest absolute Gasteiger partial charge is 0.366 e. The first kappa shape index (κ1) is 15.4. The lowest BCUT2D eigenvalue weighted by Crippen LogP contribution is -2.42. The van der Waals surface area contributed by atoms with Crippen LogP contribution in [-0.2, 0) is 20.8 Å². The summed E-state index contributed by atoms with van der Waals surface area (Å²) in [6.45, 7) is 1.83. The fourth-order valence-corrected chi connectivity index (χ4v) is 2.05. The van der Waals surface area contributed by atoms with Gasteiger partial charge < -0.3 is 14.7 Å². The second-order valence-corrected chi connectivity index (χ2v) is 4.61. The monoisotopic (exact) mass is 294 g/mol. The summed E-state index contributed by atoms with van der Waals surface area (Å²) in [7, 11) is 0. The Morgan fingerprint density at radius 1 is 1.52 bits per heavy atom. The normalized spacial score (nSPS) is 22.0. The first-order chi connectivity index (χ1) is 10.2. The Morgan fingerprint density at radius 3 is 2.86 bits per heavy atom. The number of amides is 2. The standard InChI is InChI=1S/C14H18N2O5/c1-2-15(9-17)14(19)21-16-10-20-13(18)12(16)8-11-6-4-3-5-7-11/h3-7,9,12-13,18H,2,8,10H2,1H3. The zero-order valence-electron chi connectivity index (χ0n) is 11.7. The van der Waals surface area contributed by atoms with Crippen LogP contribution >= 0.6 is 0 Å². The summed E-state index contributed by atoms with van der Waals surface area (Å²) in [5.41, 5.74) is 0.982. The van der Waals surface area contributed by atoms with Crippen LogP contribution in [0.1, 0.15) is 12.5 Å². The van der Waals surface area contributed by atoms with E-state index in [0.717, 1.165) is 10.5 Å². The Kier molecular flexibility index (Phi) is 5.26. The number of aliphatic hydroxyl groups excluding tert-OH is 1. The van der Waals surface area contributed by atoms with Crippen molar-refractivity contribution in [2.75, 3.05) is 13.3 Å². The highest BCUT2D eigenvalue weighted by Gasteiger charge is 2.37. The van der Waals surface area contributed by atoms with Crippen molar-refractivity contribution >= 4 is 12.5 Å². The van der Waals surface area contributed by atoms with E-state index in [1.165, 1.54) is 5.06 Å². The third-order valence-electron chi connectivity index (χ3n) is 3.26. The molecule has 2 amide bonds. The molecule has 1 fully saturated rings. The minimum Gasteiger partial charge on any atom is -0.366 e. The van der Waals surface area contributed by atoms with E-state index >= 15 is 0 Å². The molecule has 0 aromatic heterocycles. The van der Waals surface area contributed by atoms with Crippen LogP contribution < -0.4 is 0 Å². The van der Waals surface area contributed by atoms with E-state index in [1.54, 1.807) is 6.92 Å². The number of carbonyl (C=O) groups excluding carboxylic acids is 2. The number of benzene rings is 1. The third kappa shape index (κ3) is 3.78. The molecule has 1 saturated heterocycles. The van der Waals surface area contributed by atoms with Gasteiger partial charge in [0.25, 0.3) is 0 Å². The molecule has 7 nitrogen and oxygen atoms in total. The number of carbonyl (C=O) groups is 2. The fourth-order valence-electron chi connectivity index (χ4n) is 2.05. The van der Waals surface area contributed by atoms with Crippen LogP contribution in [0.2, 0.25) is 0 Å². The molecule has 114 valence electrons. The third-order valence-corrected chi connectivity index (χ3v) is 3.26. The van der Waals surface area contributed by atoms with Gasteiger partial charge in [0.05, 0.1) is 0 Å². The van der Waals surface area contributed by atoms with E-state index < -0.39 is 18.4 Å². The first-order valence-corrected chi connectivity index (χ1v) is 6.69. The van der Waals surface area contributed by atoms with Gasteiger partial charge in [0.2, 0.25) is 6.41 Å². The number of ether oxygens (including phenoxy) is 1. The zero-order chi connectivity index (χ0) is 15.2. The van der Waals surface area contributed by atoms with Gasteiger partial charge in [-0.25, -0.2) is 9.69 Å². The van der Waals surface area contributed by atoms with Crippen molar-refractivity contribution in [1.82, 2.24) is 9.96 Å². The van der Waals surface area contributed by atoms with Crippen molar-refractivity contribution in [1.29, 1.82) is 0 Å². The van der Waals surface area contributed by atoms with Gasteiger partial charge in [-0.05, 0) is 18.9 Å². The molecule has 0 aliphatic carbocycles. The van der Waals surface area contributed by atoms with Gasteiger partial charge in [0.15, 0.2) is 6.29 Å². The number of rotatable bonds is 5. The summed E-state index contributed by atoms with van der Waals surface area (Å²) in [5, 5.41) is 11.1. The number of imide groups is 1. The van der Waals surface area contributed by atoms with E-state index in [9.17, 15) is 14.7 Å². The van der Waals surface area contributed by atoms with E-state index in [0.29, 0.717) is 12.8 Å². The predicted octanol–water partition coefficient (Wildman–Crippen LogP) is 0.736. The average Bonchev–Trinajstić information content (AvgIpc) is 2.83. The molecule has 1 N–H and O–H groups in total. The van der Waals surface area contributed by atoms with Crippen LogP contribution in [0.25, 0.3) is 0 Å². The van der Waals surface area contributed by atoms with Crippen molar-refractivity contribution < 1.29 is 24.3 Å². The van der Waals surface area contributed by atoms with Gasteiger partial charge in [-0.15, -0.1) is 5.06 Å². The van der Waals surface area contributed by atoms with Crippen LogP contribution in [0.3, 0.4) is 0 Å². The molecule has 7 heteroatoms. The molecule has 0 bridgehead atoms. The number of hydrogen-bond donors (Lipinski definition) is 1. The second-order valence-electron chi connectivity index (χ2n) is 4.61. The highest BCUT2D eigenvalue weighted by atomic mass is 16.8. The molecule has 1 aromatic carbocycles. The van der Waals surface area contributed by atoms with Crippen LogP contribution in [0, 0.1) is 0 Å². The van der Waals surface area contributed by atoms with E-state index in [4.69, 9.17) is 9.57 Å². The maximum atomic E-state index is 11.8. The zero-order valence-corrected chi connectivity index (χ0v) is 11.7. The van der Waals surface area contributed by atoms with Crippen molar-refractivity contribution in [3.63, 3.8) is 0 Å². The van der Waals surface area contributed by atoms with Crippen molar-refractivity contribution in [2.45, 2.75) is 25.7 Å². The Morgan fingerprint density at radius 2 is 2.24 bits per heavy atom. The highest BCUT2D eigenvalue weighted by Crippen LogP contribution is 2.20. The molecule has 2 unspecified atom stereocenters. The molecule has 1 aliphatic heterocycles. The summed E-state index contributed by atoms with van der Waals surface area (Å²) < 4.78 is 5.10. The molecule has 2 rings (SSSR count). The van der Waals surface area contributed by atoms with Crippen molar-refractivity contribution in [2.24, 2.45) is 0 Å².